The Hall–Kier alpha value is -2.23. The molecule has 7 nitrogen and oxygen atoms in total. The molecule has 1 aromatic heterocycles. The van der Waals surface area contributed by atoms with Gasteiger partial charge in [-0.1, -0.05) is 0 Å². The maximum Gasteiger partial charge on any atom is 0.411 e. The molecule has 0 saturated heterocycles. The van der Waals surface area contributed by atoms with Crippen LogP contribution < -0.4 is 5.73 Å². The standard InChI is InChI=1S/C14H21N5O2/c1-13(2,3)21-12(20)19-7-10-17-11(16)9(6-15)18(10)8-14(19,4)5/h7-8,16H2,1-5H3. The first-order valence-electron chi connectivity index (χ1n) is 6.81. The van der Waals surface area contributed by atoms with Crippen molar-refractivity contribution in [2.75, 3.05) is 5.73 Å². The summed E-state index contributed by atoms with van der Waals surface area (Å²) in [5.74, 6) is 0.809. The van der Waals surface area contributed by atoms with E-state index in [9.17, 15) is 4.79 Å². The monoisotopic (exact) mass is 291 g/mol. The minimum atomic E-state index is -0.559. The third-order valence-electron chi connectivity index (χ3n) is 3.37. The van der Waals surface area contributed by atoms with Crippen molar-refractivity contribution in [3.8, 4) is 6.07 Å². The number of nitrogen functional groups attached to an aromatic ring is 1. The summed E-state index contributed by atoms with van der Waals surface area (Å²) in [6.45, 7) is 10.1. The summed E-state index contributed by atoms with van der Waals surface area (Å²) in [4.78, 5) is 18.2. The third kappa shape index (κ3) is 2.79. The van der Waals surface area contributed by atoms with E-state index in [1.54, 1.807) is 9.47 Å². The zero-order chi connectivity index (χ0) is 16.0. The Labute approximate surface area is 124 Å². The first-order chi connectivity index (χ1) is 9.55. The second-order valence-corrected chi connectivity index (χ2v) is 6.84. The second-order valence-electron chi connectivity index (χ2n) is 6.84. The van der Waals surface area contributed by atoms with E-state index < -0.39 is 11.1 Å². The predicted octanol–water partition coefficient (Wildman–Crippen LogP) is 1.87. The Morgan fingerprint density at radius 1 is 1.48 bits per heavy atom. The van der Waals surface area contributed by atoms with Crippen LogP contribution in [0.2, 0.25) is 0 Å². The van der Waals surface area contributed by atoms with Gasteiger partial charge in [0.1, 0.15) is 17.5 Å². The lowest BCUT2D eigenvalue weighted by molar-refractivity contribution is -0.0105. The molecule has 0 radical (unpaired) electrons. The van der Waals surface area contributed by atoms with Gasteiger partial charge in [-0.2, -0.15) is 5.26 Å². The lowest BCUT2D eigenvalue weighted by Gasteiger charge is -2.42. The molecular weight excluding hydrogens is 270 g/mol. The van der Waals surface area contributed by atoms with Crippen molar-refractivity contribution in [1.29, 1.82) is 5.26 Å². The number of anilines is 1. The minimum absolute atomic E-state index is 0.203. The molecular formula is C14H21N5O2. The van der Waals surface area contributed by atoms with Gasteiger partial charge in [0.2, 0.25) is 0 Å². The smallest absolute Gasteiger partial charge is 0.411 e. The van der Waals surface area contributed by atoms with Crippen molar-refractivity contribution in [2.24, 2.45) is 0 Å². The van der Waals surface area contributed by atoms with Crippen molar-refractivity contribution in [3.05, 3.63) is 11.5 Å². The maximum atomic E-state index is 12.4. The number of nitrogens with zero attached hydrogens (tertiary/aromatic N) is 4. The van der Waals surface area contributed by atoms with Crippen LogP contribution in [0.4, 0.5) is 10.6 Å². The van der Waals surface area contributed by atoms with Crippen molar-refractivity contribution < 1.29 is 9.53 Å². The normalized spacial score (nSPS) is 17.0. The first kappa shape index (κ1) is 15.2. The fourth-order valence-corrected chi connectivity index (χ4v) is 2.38. The molecule has 0 atom stereocenters. The summed E-state index contributed by atoms with van der Waals surface area (Å²) in [6.07, 6.45) is -0.390. The average Bonchev–Trinajstić information content (AvgIpc) is 2.59. The van der Waals surface area contributed by atoms with Gasteiger partial charge < -0.3 is 15.0 Å². The number of nitrogens with two attached hydrogens (primary N) is 1. The number of nitriles is 1. The quantitative estimate of drug-likeness (QED) is 0.787. The van der Waals surface area contributed by atoms with Gasteiger partial charge in [-0.05, 0) is 34.6 Å². The highest BCUT2D eigenvalue weighted by atomic mass is 16.6. The fraction of sp³-hybridized carbons (Fsp3) is 0.643. The highest BCUT2D eigenvalue weighted by Crippen LogP contribution is 2.30. The van der Waals surface area contributed by atoms with E-state index in [0.717, 1.165) is 0 Å². The molecule has 0 fully saturated rings. The van der Waals surface area contributed by atoms with Crippen molar-refractivity contribution >= 4 is 11.9 Å². The Balaban J connectivity index is 2.35. The summed E-state index contributed by atoms with van der Waals surface area (Å²) < 4.78 is 7.22. The van der Waals surface area contributed by atoms with Gasteiger partial charge in [-0.3, -0.25) is 4.90 Å². The van der Waals surface area contributed by atoms with Crippen LogP contribution in [-0.2, 0) is 17.8 Å². The van der Waals surface area contributed by atoms with E-state index in [1.807, 2.05) is 34.6 Å². The third-order valence-corrected chi connectivity index (χ3v) is 3.37. The van der Waals surface area contributed by atoms with Crippen LogP contribution in [-0.4, -0.2) is 31.7 Å². The number of imidazole rings is 1. The number of rotatable bonds is 0. The second kappa shape index (κ2) is 4.65. The SMILES string of the molecule is CC(C)(C)OC(=O)N1Cc2nc(N)c(C#N)n2CC1(C)C. The number of ether oxygens (including phenoxy) is 1. The molecule has 7 heteroatoms. The summed E-state index contributed by atoms with van der Waals surface area (Å²) in [7, 11) is 0. The van der Waals surface area contributed by atoms with E-state index in [0.29, 0.717) is 18.1 Å². The van der Waals surface area contributed by atoms with Gasteiger partial charge in [-0.25, -0.2) is 9.78 Å². The Morgan fingerprint density at radius 2 is 2.10 bits per heavy atom. The van der Waals surface area contributed by atoms with Crippen LogP contribution in [0.3, 0.4) is 0 Å². The van der Waals surface area contributed by atoms with Gasteiger partial charge in [0.15, 0.2) is 11.5 Å². The first-order valence-corrected chi connectivity index (χ1v) is 6.81. The molecule has 114 valence electrons. The summed E-state index contributed by atoms with van der Waals surface area (Å²) in [5.41, 5.74) is 5.05. The molecule has 0 aliphatic carbocycles. The molecule has 2 rings (SSSR count). The topological polar surface area (TPSA) is 97.2 Å². The van der Waals surface area contributed by atoms with Gasteiger partial charge >= 0.3 is 6.09 Å². The molecule has 1 aliphatic rings. The highest BCUT2D eigenvalue weighted by Gasteiger charge is 2.40. The van der Waals surface area contributed by atoms with Crippen molar-refractivity contribution in [3.63, 3.8) is 0 Å². The maximum absolute atomic E-state index is 12.4. The molecule has 1 aliphatic heterocycles. The molecule has 0 bridgehead atoms. The molecule has 0 saturated carbocycles. The number of aromatic nitrogens is 2. The number of amides is 1. The summed E-state index contributed by atoms with van der Waals surface area (Å²) in [5, 5.41) is 9.17. The van der Waals surface area contributed by atoms with Crippen LogP contribution in [0.1, 0.15) is 46.1 Å². The van der Waals surface area contributed by atoms with Crippen molar-refractivity contribution in [2.45, 2.75) is 58.8 Å². The largest absolute Gasteiger partial charge is 0.444 e. The van der Waals surface area contributed by atoms with E-state index in [4.69, 9.17) is 15.7 Å². The van der Waals surface area contributed by atoms with Crippen LogP contribution >= 0.6 is 0 Å². The summed E-state index contributed by atoms with van der Waals surface area (Å²) >= 11 is 0. The Morgan fingerprint density at radius 3 is 2.62 bits per heavy atom. The molecule has 0 spiro atoms. The lowest BCUT2D eigenvalue weighted by Crippen LogP contribution is -2.54. The molecule has 2 heterocycles. The van der Waals surface area contributed by atoms with Crippen LogP contribution in [0.25, 0.3) is 0 Å². The zero-order valence-corrected chi connectivity index (χ0v) is 13.1. The predicted molar refractivity (Wildman–Crippen MR) is 77.2 cm³/mol. The van der Waals surface area contributed by atoms with Gasteiger partial charge in [0.25, 0.3) is 0 Å². The van der Waals surface area contributed by atoms with Crippen LogP contribution in [0, 0.1) is 11.3 Å². The average molecular weight is 291 g/mol. The van der Waals surface area contributed by atoms with E-state index >= 15 is 0 Å². The Kier molecular flexibility index (Phi) is 3.36. The fourth-order valence-electron chi connectivity index (χ4n) is 2.38. The number of carbonyl (C=O) groups excluding carboxylic acids is 1. The van der Waals surface area contributed by atoms with E-state index in [1.165, 1.54) is 0 Å². The molecule has 2 N–H and O–H groups in total. The van der Waals surface area contributed by atoms with Crippen molar-refractivity contribution in [1.82, 2.24) is 14.5 Å². The highest BCUT2D eigenvalue weighted by molar-refractivity contribution is 5.69. The lowest BCUT2D eigenvalue weighted by atomic mass is 10.0. The molecule has 1 aromatic rings. The Bertz CT molecular complexity index is 619. The number of hydrogen-bond acceptors (Lipinski definition) is 5. The number of hydrogen-bond donors (Lipinski definition) is 1. The van der Waals surface area contributed by atoms with E-state index in [2.05, 4.69) is 11.1 Å². The van der Waals surface area contributed by atoms with Gasteiger partial charge in [0, 0.05) is 6.54 Å². The molecule has 1 amide bonds. The molecule has 21 heavy (non-hydrogen) atoms. The summed E-state index contributed by atoms with van der Waals surface area (Å²) in [6, 6.07) is 2.06. The van der Waals surface area contributed by atoms with Gasteiger partial charge in [-0.15, -0.1) is 0 Å². The van der Waals surface area contributed by atoms with Crippen LogP contribution in [0.15, 0.2) is 0 Å². The zero-order valence-electron chi connectivity index (χ0n) is 13.1. The van der Waals surface area contributed by atoms with Crippen LogP contribution in [0.5, 0.6) is 0 Å². The number of carbonyl (C=O) groups is 1. The molecule has 0 unspecified atom stereocenters. The minimum Gasteiger partial charge on any atom is -0.444 e. The number of fused-ring (bicyclic) bond motifs is 1. The van der Waals surface area contributed by atoms with Gasteiger partial charge in [0.05, 0.1) is 12.1 Å². The molecule has 0 aromatic carbocycles. The van der Waals surface area contributed by atoms with E-state index in [-0.39, 0.29) is 18.5 Å².